The summed E-state index contributed by atoms with van der Waals surface area (Å²) >= 11 is 3.29. The molecule has 0 bridgehead atoms. The third-order valence-corrected chi connectivity index (χ3v) is 5.46. The zero-order valence-corrected chi connectivity index (χ0v) is 13.3. The number of hydrogen-bond acceptors (Lipinski definition) is 3. The lowest BCUT2D eigenvalue weighted by atomic mass is 9.83. The van der Waals surface area contributed by atoms with Crippen LogP contribution in [0.4, 0.5) is 0 Å². The molecular weight excluding hydrogens is 330 g/mol. The first-order valence-electron chi connectivity index (χ1n) is 6.24. The van der Waals surface area contributed by atoms with Crippen molar-refractivity contribution >= 4 is 26.0 Å². The maximum Gasteiger partial charge on any atom is 0.240 e. The summed E-state index contributed by atoms with van der Waals surface area (Å²) in [7, 11) is -3.43. The molecule has 0 atom stereocenters. The van der Waals surface area contributed by atoms with Crippen molar-refractivity contribution in [1.29, 1.82) is 0 Å². The quantitative estimate of drug-likeness (QED) is 0.910. The highest BCUT2D eigenvalue weighted by Gasteiger charge is 2.29. The van der Waals surface area contributed by atoms with Gasteiger partial charge in [0, 0.05) is 24.2 Å². The lowest BCUT2D eigenvalue weighted by Crippen LogP contribution is -2.39. The van der Waals surface area contributed by atoms with E-state index in [9.17, 15) is 8.42 Å². The fourth-order valence-corrected chi connectivity index (χ4v) is 3.47. The van der Waals surface area contributed by atoms with E-state index in [1.807, 2.05) is 0 Å². The molecular formula is C13H18BrNO3S. The molecule has 2 rings (SSSR count). The molecule has 0 radical (unpaired) electrons. The second-order valence-electron chi connectivity index (χ2n) is 5.20. The van der Waals surface area contributed by atoms with Crippen LogP contribution in [-0.2, 0) is 14.8 Å². The van der Waals surface area contributed by atoms with E-state index >= 15 is 0 Å². The molecule has 0 aliphatic carbocycles. The van der Waals surface area contributed by atoms with Crippen LogP contribution in [0.2, 0.25) is 0 Å². The van der Waals surface area contributed by atoms with Crippen LogP contribution < -0.4 is 4.72 Å². The van der Waals surface area contributed by atoms with Crippen molar-refractivity contribution in [2.75, 3.05) is 19.8 Å². The molecule has 0 unspecified atom stereocenters. The predicted molar refractivity (Wildman–Crippen MR) is 77.5 cm³/mol. The zero-order chi connectivity index (χ0) is 13.9. The van der Waals surface area contributed by atoms with E-state index in [2.05, 4.69) is 27.6 Å². The summed E-state index contributed by atoms with van der Waals surface area (Å²) in [5.41, 5.74) is -0.0132. The van der Waals surface area contributed by atoms with Gasteiger partial charge in [-0.1, -0.05) is 22.9 Å². The van der Waals surface area contributed by atoms with Gasteiger partial charge in [0.2, 0.25) is 10.0 Å². The fourth-order valence-electron chi connectivity index (χ4n) is 2.01. The van der Waals surface area contributed by atoms with Crippen LogP contribution in [0.3, 0.4) is 0 Å². The van der Waals surface area contributed by atoms with Gasteiger partial charge >= 0.3 is 0 Å². The van der Waals surface area contributed by atoms with Gasteiger partial charge in [-0.3, -0.25) is 0 Å². The minimum Gasteiger partial charge on any atom is -0.381 e. The van der Waals surface area contributed by atoms with Crippen molar-refractivity contribution in [1.82, 2.24) is 4.72 Å². The van der Waals surface area contributed by atoms with E-state index in [4.69, 9.17) is 4.74 Å². The Hall–Kier alpha value is -0.430. The lowest BCUT2D eigenvalue weighted by molar-refractivity contribution is 0.0265. The third kappa shape index (κ3) is 4.02. The van der Waals surface area contributed by atoms with Crippen molar-refractivity contribution in [3.8, 4) is 0 Å². The summed E-state index contributed by atoms with van der Waals surface area (Å²) < 4.78 is 33.2. The highest BCUT2D eigenvalue weighted by atomic mass is 79.9. The van der Waals surface area contributed by atoms with Crippen LogP contribution in [0.15, 0.2) is 33.6 Å². The first kappa shape index (κ1) is 15.0. The van der Waals surface area contributed by atoms with Gasteiger partial charge in [-0.25, -0.2) is 13.1 Å². The van der Waals surface area contributed by atoms with Crippen LogP contribution in [0.5, 0.6) is 0 Å². The molecule has 19 heavy (non-hydrogen) atoms. The SMILES string of the molecule is CC1(CNS(=O)(=O)c2ccc(Br)cc2)CCOCC1. The topological polar surface area (TPSA) is 55.4 Å². The molecule has 4 nitrogen and oxygen atoms in total. The largest absolute Gasteiger partial charge is 0.381 e. The van der Waals surface area contributed by atoms with E-state index in [0.717, 1.165) is 17.3 Å². The highest BCUT2D eigenvalue weighted by molar-refractivity contribution is 9.10. The van der Waals surface area contributed by atoms with Crippen LogP contribution >= 0.6 is 15.9 Å². The summed E-state index contributed by atoms with van der Waals surface area (Å²) in [6, 6.07) is 6.65. The number of hydrogen-bond donors (Lipinski definition) is 1. The predicted octanol–water partition coefficient (Wildman–Crippen LogP) is 2.54. The third-order valence-electron chi connectivity index (χ3n) is 3.51. The summed E-state index contributed by atoms with van der Waals surface area (Å²) in [5, 5.41) is 0. The summed E-state index contributed by atoms with van der Waals surface area (Å²) in [6.45, 7) is 3.96. The molecule has 1 heterocycles. The number of nitrogens with one attached hydrogen (secondary N) is 1. The van der Waals surface area contributed by atoms with Crippen LogP contribution in [-0.4, -0.2) is 28.2 Å². The summed E-state index contributed by atoms with van der Waals surface area (Å²) in [6.07, 6.45) is 1.77. The fraction of sp³-hybridized carbons (Fsp3) is 0.538. The molecule has 0 saturated carbocycles. The average molecular weight is 348 g/mol. The molecule has 1 fully saturated rings. The smallest absolute Gasteiger partial charge is 0.240 e. The monoisotopic (exact) mass is 347 g/mol. The molecule has 1 aromatic rings. The Morgan fingerprint density at radius 3 is 2.42 bits per heavy atom. The van der Waals surface area contributed by atoms with Crippen LogP contribution in [0, 0.1) is 5.41 Å². The Kier molecular flexibility index (Phi) is 4.66. The summed E-state index contributed by atoms with van der Waals surface area (Å²) in [5.74, 6) is 0. The Bertz CT molecular complexity index is 521. The first-order valence-corrected chi connectivity index (χ1v) is 8.52. The second kappa shape index (κ2) is 5.91. The van der Waals surface area contributed by atoms with Crippen molar-refractivity contribution in [2.24, 2.45) is 5.41 Å². The van der Waals surface area contributed by atoms with E-state index in [1.165, 1.54) is 0 Å². The van der Waals surface area contributed by atoms with Crippen LogP contribution in [0.25, 0.3) is 0 Å². The van der Waals surface area contributed by atoms with E-state index in [1.54, 1.807) is 24.3 Å². The Morgan fingerprint density at radius 2 is 1.84 bits per heavy atom. The standard InChI is InChI=1S/C13H18BrNO3S/c1-13(6-8-18-9-7-13)10-15-19(16,17)12-4-2-11(14)3-5-12/h2-5,15H,6-10H2,1H3. The van der Waals surface area contributed by atoms with Crippen molar-refractivity contribution in [3.05, 3.63) is 28.7 Å². The molecule has 1 aliphatic heterocycles. The molecule has 6 heteroatoms. The van der Waals surface area contributed by atoms with Gasteiger partial charge in [0.1, 0.15) is 0 Å². The molecule has 0 spiro atoms. The molecule has 0 aromatic heterocycles. The Labute approximate surface area is 122 Å². The Balaban J connectivity index is 2.03. The maximum absolute atomic E-state index is 12.2. The van der Waals surface area contributed by atoms with E-state index < -0.39 is 10.0 Å². The van der Waals surface area contributed by atoms with Crippen molar-refractivity contribution in [2.45, 2.75) is 24.7 Å². The minimum absolute atomic E-state index is 0.0132. The maximum atomic E-state index is 12.2. The number of rotatable bonds is 4. The van der Waals surface area contributed by atoms with Gasteiger partial charge < -0.3 is 4.74 Å². The number of sulfonamides is 1. The Morgan fingerprint density at radius 1 is 1.26 bits per heavy atom. The van der Waals surface area contributed by atoms with E-state index in [-0.39, 0.29) is 5.41 Å². The highest BCUT2D eigenvalue weighted by Crippen LogP contribution is 2.29. The van der Waals surface area contributed by atoms with Gasteiger partial charge in [0.15, 0.2) is 0 Å². The van der Waals surface area contributed by atoms with Gasteiger partial charge in [0.05, 0.1) is 4.90 Å². The lowest BCUT2D eigenvalue weighted by Gasteiger charge is -2.33. The second-order valence-corrected chi connectivity index (χ2v) is 7.88. The van der Waals surface area contributed by atoms with Gasteiger partial charge in [-0.05, 0) is 42.5 Å². The molecule has 1 N–H and O–H groups in total. The van der Waals surface area contributed by atoms with Gasteiger partial charge in [-0.2, -0.15) is 0 Å². The molecule has 1 aromatic carbocycles. The first-order chi connectivity index (χ1) is 8.91. The van der Waals surface area contributed by atoms with Crippen molar-refractivity contribution in [3.63, 3.8) is 0 Å². The number of halogens is 1. The van der Waals surface area contributed by atoms with Gasteiger partial charge in [0.25, 0.3) is 0 Å². The van der Waals surface area contributed by atoms with Gasteiger partial charge in [-0.15, -0.1) is 0 Å². The summed E-state index contributed by atoms with van der Waals surface area (Å²) in [4.78, 5) is 0.298. The molecule has 1 aliphatic rings. The van der Waals surface area contributed by atoms with Crippen LogP contribution in [0.1, 0.15) is 19.8 Å². The zero-order valence-electron chi connectivity index (χ0n) is 10.9. The van der Waals surface area contributed by atoms with E-state index in [0.29, 0.717) is 24.7 Å². The molecule has 1 saturated heterocycles. The average Bonchev–Trinajstić information content (AvgIpc) is 2.38. The molecule has 106 valence electrons. The number of ether oxygens (including phenoxy) is 1. The number of benzene rings is 1. The molecule has 0 amide bonds. The normalized spacial score (nSPS) is 19.3. The minimum atomic E-state index is -3.43. The van der Waals surface area contributed by atoms with Crippen molar-refractivity contribution < 1.29 is 13.2 Å².